The Hall–Kier alpha value is -0.940. The van der Waals surface area contributed by atoms with Gasteiger partial charge in [0.25, 0.3) is 0 Å². The summed E-state index contributed by atoms with van der Waals surface area (Å²) in [6, 6.07) is 1.33. The quantitative estimate of drug-likeness (QED) is 0.769. The van der Waals surface area contributed by atoms with Crippen molar-refractivity contribution in [1.29, 1.82) is 0 Å². The smallest absolute Gasteiger partial charge is 0.225 e. The summed E-state index contributed by atoms with van der Waals surface area (Å²) in [7, 11) is 4.51. The Balaban J connectivity index is 1.43. The van der Waals surface area contributed by atoms with Crippen molar-refractivity contribution in [3.05, 3.63) is 0 Å². The highest BCUT2D eigenvalue weighted by molar-refractivity contribution is 5.81. The lowest BCUT2D eigenvalue weighted by Gasteiger charge is -2.43. The molecule has 0 spiro atoms. The first kappa shape index (κ1) is 19.8. The van der Waals surface area contributed by atoms with E-state index in [1.54, 1.807) is 6.92 Å². The molecule has 0 unspecified atom stereocenters. The minimum Gasteiger partial charge on any atom is -0.342 e. The van der Waals surface area contributed by atoms with Gasteiger partial charge in [0.1, 0.15) is 5.78 Å². The summed E-state index contributed by atoms with van der Waals surface area (Å²) in [6.07, 6.45) is 8.37. The zero-order chi connectivity index (χ0) is 18.7. The van der Waals surface area contributed by atoms with Gasteiger partial charge in [0, 0.05) is 37.0 Å². The summed E-state index contributed by atoms with van der Waals surface area (Å²) in [6.45, 7) is 5.92. The number of ketones is 1. The van der Waals surface area contributed by atoms with E-state index in [2.05, 4.69) is 28.8 Å². The maximum absolute atomic E-state index is 12.9. The second kappa shape index (κ2) is 8.83. The van der Waals surface area contributed by atoms with E-state index in [1.165, 1.54) is 25.9 Å². The van der Waals surface area contributed by atoms with E-state index in [0.29, 0.717) is 23.8 Å². The maximum Gasteiger partial charge on any atom is 0.225 e. The van der Waals surface area contributed by atoms with Crippen molar-refractivity contribution in [3.8, 4) is 0 Å². The van der Waals surface area contributed by atoms with Crippen LogP contribution < -0.4 is 0 Å². The van der Waals surface area contributed by atoms with Crippen LogP contribution in [0.4, 0.5) is 0 Å². The van der Waals surface area contributed by atoms with Crippen LogP contribution in [0.3, 0.4) is 0 Å². The molecule has 1 saturated carbocycles. The number of nitrogens with zero attached hydrogens (tertiary/aromatic N) is 3. The number of amides is 1. The molecular formula is C21H37N3O2. The van der Waals surface area contributed by atoms with E-state index in [1.807, 2.05) is 0 Å². The van der Waals surface area contributed by atoms with Crippen molar-refractivity contribution in [3.63, 3.8) is 0 Å². The average molecular weight is 364 g/mol. The lowest BCUT2D eigenvalue weighted by atomic mass is 9.79. The molecular weight excluding hydrogens is 326 g/mol. The molecule has 0 bridgehead atoms. The van der Waals surface area contributed by atoms with Crippen molar-refractivity contribution in [2.24, 2.45) is 11.8 Å². The van der Waals surface area contributed by atoms with Crippen molar-refractivity contribution < 1.29 is 9.59 Å². The van der Waals surface area contributed by atoms with Crippen LogP contribution in [0.1, 0.15) is 58.3 Å². The maximum atomic E-state index is 12.9. The molecule has 0 aromatic heterocycles. The molecule has 5 heteroatoms. The van der Waals surface area contributed by atoms with E-state index >= 15 is 0 Å². The molecule has 5 nitrogen and oxygen atoms in total. The van der Waals surface area contributed by atoms with Gasteiger partial charge in [-0.1, -0.05) is 0 Å². The van der Waals surface area contributed by atoms with Crippen molar-refractivity contribution in [2.75, 3.05) is 40.3 Å². The summed E-state index contributed by atoms with van der Waals surface area (Å²) in [5.41, 5.74) is 0. The van der Waals surface area contributed by atoms with Crippen LogP contribution in [0, 0.1) is 11.8 Å². The number of piperidine rings is 2. The molecule has 3 aliphatic rings. The van der Waals surface area contributed by atoms with E-state index < -0.39 is 0 Å². The van der Waals surface area contributed by atoms with Crippen molar-refractivity contribution in [2.45, 2.75) is 70.4 Å². The number of carbonyl (C=O) groups is 2. The minimum atomic E-state index is 0.161. The highest BCUT2D eigenvalue weighted by Crippen LogP contribution is 2.31. The van der Waals surface area contributed by atoms with Crippen LogP contribution >= 0.6 is 0 Å². The third kappa shape index (κ3) is 4.66. The predicted molar refractivity (Wildman–Crippen MR) is 104 cm³/mol. The molecule has 2 aliphatic heterocycles. The van der Waals surface area contributed by atoms with E-state index in [-0.39, 0.29) is 11.8 Å². The number of rotatable bonds is 4. The Morgan fingerprint density at radius 3 is 1.73 bits per heavy atom. The van der Waals surface area contributed by atoms with Crippen LogP contribution in [0.2, 0.25) is 0 Å². The van der Waals surface area contributed by atoms with E-state index in [9.17, 15) is 9.59 Å². The van der Waals surface area contributed by atoms with E-state index in [4.69, 9.17) is 0 Å². The van der Waals surface area contributed by atoms with E-state index in [0.717, 1.165) is 51.6 Å². The topological polar surface area (TPSA) is 43.9 Å². The first-order chi connectivity index (χ1) is 12.5. The van der Waals surface area contributed by atoms with Crippen LogP contribution in [-0.2, 0) is 9.59 Å². The normalized spacial score (nSPS) is 29.9. The fourth-order valence-corrected chi connectivity index (χ4v) is 5.20. The summed E-state index contributed by atoms with van der Waals surface area (Å²) < 4.78 is 0. The number of likely N-dealkylation sites (tertiary alicyclic amines) is 2. The lowest BCUT2D eigenvalue weighted by Crippen LogP contribution is -2.51. The second-order valence-corrected chi connectivity index (χ2v) is 8.92. The molecule has 0 radical (unpaired) electrons. The Labute approximate surface area is 159 Å². The highest BCUT2D eigenvalue weighted by atomic mass is 16.2. The molecule has 1 amide bonds. The largest absolute Gasteiger partial charge is 0.342 e. The predicted octanol–water partition coefficient (Wildman–Crippen LogP) is 2.40. The van der Waals surface area contributed by atoms with Gasteiger partial charge in [-0.3, -0.25) is 9.59 Å². The van der Waals surface area contributed by atoms with Gasteiger partial charge >= 0.3 is 0 Å². The fourth-order valence-electron chi connectivity index (χ4n) is 5.20. The Bertz CT molecular complexity index is 485. The molecule has 2 heterocycles. The summed E-state index contributed by atoms with van der Waals surface area (Å²) in [5.74, 6) is 1.02. The summed E-state index contributed by atoms with van der Waals surface area (Å²) in [4.78, 5) is 31.5. The molecule has 2 saturated heterocycles. The summed E-state index contributed by atoms with van der Waals surface area (Å²) in [5, 5.41) is 0. The van der Waals surface area contributed by atoms with Gasteiger partial charge in [-0.25, -0.2) is 0 Å². The van der Waals surface area contributed by atoms with Crippen LogP contribution in [-0.4, -0.2) is 78.7 Å². The van der Waals surface area contributed by atoms with Gasteiger partial charge in [-0.05, 0) is 85.5 Å². The third-order valence-electron chi connectivity index (χ3n) is 7.27. The molecule has 1 aliphatic carbocycles. The van der Waals surface area contributed by atoms with Crippen LogP contribution in [0.5, 0.6) is 0 Å². The molecule has 0 atom stereocenters. The molecule has 3 rings (SSSR count). The van der Waals surface area contributed by atoms with Gasteiger partial charge < -0.3 is 14.7 Å². The number of Topliss-reactive ketones (excluding diaryl/α,β-unsaturated/α-hetero) is 1. The SMILES string of the molecule is CC(=O)C1CCC(C(=O)N2CCC(N(C)C3CCN(C)CC3)CC2)CC1. The van der Waals surface area contributed by atoms with Gasteiger partial charge in [0.05, 0.1) is 0 Å². The fraction of sp³-hybridized carbons (Fsp3) is 0.905. The number of hydrogen-bond donors (Lipinski definition) is 0. The zero-order valence-corrected chi connectivity index (χ0v) is 17.0. The van der Waals surface area contributed by atoms with Crippen LogP contribution in [0.25, 0.3) is 0 Å². The molecule has 148 valence electrons. The number of hydrogen-bond acceptors (Lipinski definition) is 4. The molecule has 0 aromatic rings. The zero-order valence-electron chi connectivity index (χ0n) is 17.0. The van der Waals surface area contributed by atoms with Crippen molar-refractivity contribution in [1.82, 2.24) is 14.7 Å². The average Bonchev–Trinajstić information content (AvgIpc) is 2.67. The molecule has 3 fully saturated rings. The van der Waals surface area contributed by atoms with Gasteiger partial charge in [-0.2, -0.15) is 0 Å². The Morgan fingerprint density at radius 1 is 0.769 bits per heavy atom. The first-order valence-electron chi connectivity index (χ1n) is 10.7. The third-order valence-corrected chi connectivity index (χ3v) is 7.27. The lowest BCUT2D eigenvalue weighted by molar-refractivity contribution is -0.139. The standard InChI is InChI=1S/C21H37N3O2/c1-16(25)17-4-6-18(7-5-17)21(26)24-14-10-20(11-15-24)23(3)19-8-12-22(2)13-9-19/h17-20H,4-15H2,1-3H3. The van der Waals surface area contributed by atoms with Crippen LogP contribution in [0.15, 0.2) is 0 Å². The summed E-state index contributed by atoms with van der Waals surface area (Å²) >= 11 is 0. The molecule has 0 N–H and O–H groups in total. The van der Waals surface area contributed by atoms with Crippen molar-refractivity contribution >= 4 is 11.7 Å². The van der Waals surface area contributed by atoms with Gasteiger partial charge in [0.2, 0.25) is 5.91 Å². The minimum absolute atomic E-state index is 0.161. The number of carbonyl (C=O) groups excluding carboxylic acids is 2. The Morgan fingerprint density at radius 2 is 1.23 bits per heavy atom. The van der Waals surface area contributed by atoms with Gasteiger partial charge in [0.15, 0.2) is 0 Å². The molecule has 26 heavy (non-hydrogen) atoms. The van der Waals surface area contributed by atoms with Gasteiger partial charge in [-0.15, -0.1) is 0 Å². The monoisotopic (exact) mass is 363 g/mol. The highest BCUT2D eigenvalue weighted by Gasteiger charge is 2.34. The molecule has 0 aromatic carbocycles. The second-order valence-electron chi connectivity index (χ2n) is 8.92. The Kier molecular flexibility index (Phi) is 6.73. The first-order valence-corrected chi connectivity index (χ1v) is 10.7.